The lowest BCUT2D eigenvalue weighted by molar-refractivity contribution is 0.628. The van der Waals surface area contributed by atoms with Crippen molar-refractivity contribution in [3.63, 3.8) is 0 Å². The van der Waals surface area contributed by atoms with Gasteiger partial charge < -0.3 is 0 Å². The van der Waals surface area contributed by atoms with E-state index in [2.05, 4.69) is 55.4 Å². The van der Waals surface area contributed by atoms with Crippen molar-refractivity contribution in [2.75, 3.05) is 0 Å². The molecule has 0 fully saturated rings. The molecule has 0 aliphatic heterocycles. The molecule has 1 aliphatic rings. The van der Waals surface area contributed by atoms with Crippen molar-refractivity contribution in [1.29, 1.82) is 0 Å². The highest BCUT2D eigenvalue weighted by Gasteiger charge is 2.07. The molecule has 0 amide bonds. The Morgan fingerprint density at radius 3 is 2.56 bits per heavy atom. The van der Waals surface area contributed by atoms with Crippen LogP contribution >= 0.6 is 0 Å². The average Bonchev–Trinajstić information content (AvgIpc) is 2.30. The van der Waals surface area contributed by atoms with Crippen molar-refractivity contribution >= 4 is 11.9 Å². The summed E-state index contributed by atoms with van der Waals surface area (Å²) in [5.41, 5.74) is 3.68. The first-order valence-corrected chi connectivity index (χ1v) is 6.03. The van der Waals surface area contributed by atoms with Crippen LogP contribution in [0.3, 0.4) is 0 Å². The van der Waals surface area contributed by atoms with Crippen LogP contribution in [0.25, 0.3) is 0 Å². The third kappa shape index (κ3) is 2.60. The lowest BCUT2D eigenvalue weighted by Gasteiger charge is -2.12. The first-order valence-electron chi connectivity index (χ1n) is 6.03. The minimum absolute atomic E-state index is 0.629. The zero-order chi connectivity index (χ0) is 11.4. The molecule has 0 radical (unpaired) electrons. The van der Waals surface area contributed by atoms with Gasteiger partial charge >= 0.3 is 0 Å². The fourth-order valence-corrected chi connectivity index (χ4v) is 2.14. The molecule has 0 spiro atoms. The van der Waals surface area contributed by atoms with Crippen LogP contribution in [-0.4, -0.2) is 6.21 Å². The molecule has 1 heteroatoms. The summed E-state index contributed by atoms with van der Waals surface area (Å²) >= 11 is 0. The second-order valence-electron chi connectivity index (χ2n) is 4.56. The first kappa shape index (κ1) is 11.1. The number of aryl methyl sites for hydroxylation is 2. The molecule has 1 aliphatic carbocycles. The lowest BCUT2D eigenvalue weighted by Crippen LogP contribution is -2.03. The van der Waals surface area contributed by atoms with E-state index in [1.165, 1.54) is 24.0 Å². The fraction of sp³-hybridized carbons (Fsp3) is 0.400. The van der Waals surface area contributed by atoms with Gasteiger partial charge in [-0.05, 0) is 50.2 Å². The molecule has 0 aromatic heterocycles. The van der Waals surface area contributed by atoms with Gasteiger partial charge in [0.25, 0.3) is 0 Å². The third-order valence-electron chi connectivity index (χ3n) is 3.16. The average molecular weight is 213 g/mol. The number of benzene rings is 1. The highest BCUT2D eigenvalue weighted by Crippen LogP contribution is 2.24. The molecule has 2 rings (SSSR count). The Morgan fingerprint density at radius 1 is 1.19 bits per heavy atom. The monoisotopic (exact) mass is 213 g/mol. The molecule has 1 unspecified atom stereocenters. The number of para-hydroxylation sites is 1. The smallest absolute Gasteiger partial charge is 0.0684 e. The van der Waals surface area contributed by atoms with E-state index >= 15 is 0 Å². The van der Waals surface area contributed by atoms with Crippen LogP contribution in [0.1, 0.15) is 30.4 Å². The number of aliphatic imine (C=N–C) groups is 1. The predicted octanol–water partition coefficient (Wildman–Crippen LogP) is 4.36. The second-order valence-corrected chi connectivity index (χ2v) is 4.56. The summed E-state index contributed by atoms with van der Waals surface area (Å²) in [6.45, 7) is 4.25. The number of rotatable bonds is 2. The van der Waals surface area contributed by atoms with E-state index in [9.17, 15) is 0 Å². The highest BCUT2D eigenvalue weighted by molar-refractivity contribution is 5.68. The Bertz CT molecular complexity index is 395. The molecule has 1 atom stereocenters. The van der Waals surface area contributed by atoms with Gasteiger partial charge in [0.15, 0.2) is 0 Å². The Morgan fingerprint density at radius 2 is 1.94 bits per heavy atom. The van der Waals surface area contributed by atoms with Gasteiger partial charge in [-0.25, -0.2) is 0 Å². The standard InChI is InChI=1S/C15H19N/c1-12-7-6-8-13(2)15(12)16-11-14-9-4-3-5-10-14/h3-4,6-8,11,14H,5,9-10H2,1-2H3. The van der Waals surface area contributed by atoms with Crippen LogP contribution in [0.15, 0.2) is 35.3 Å². The van der Waals surface area contributed by atoms with Crippen LogP contribution in [0.4, 0.5) is 5.69 Å². The molecular weight excluding hydrogens is 194 g/mol. The maximum absolute atomic E-state index is 4.67. The molecule has 0 N–H and O–H groups in total. The Hall–Kier alpha value is -1.37. The van der Waals surface area contributed by atoms with Crippen LogP contribution in [0, 0.1) is 19.8 Å². The maximum atomic E-state index is 4.67. The molecule has 0 saturated carbocycles. The molecule has 1 aromatic rings. The largest absolute Gasteiger partial charge is 0.260 e. The van der Waals surface area contributed by atoms with Crippen molar-refractivity contribution in [3.8, 4) is 0 Å². The quantitative estimate of drug-likeness (QED) is 0.511. The van der Waals surface area contributed by atoms with E-state index in [4.69, 9.17) is 0 Å². The summed E-state index contributed by atoms with van der Waals surface area (Å²) in [6.07, 6.45) is 10.3. The molecule has 1 aromatic carbocycles. The lowest BCUT2D eigenvalue weighted by atomic mass is 9.95. The van der Waals surface area contributed by atoms with Crippen molar-refractivity contribution < 1.29 is 0 Å². The Kier molecular flexibility index (Phi) is 3.55. The Balaban J connectivity index is 2.13. The van der Waals surface area contributed by atoms with Crippen LogP contribution in [-0.2, 0) is 0 Å². The maximum Gasteiger partial charge on any atom is 0.0684 e. The fourth-order valence-electron chi connectivity index (χ4n) is 2.14. The van der Waals surface area contributed by atoms with Gasteiger partial charge in [0.1, 0.15) is 0 Å². The number of nitrogens with zero attached hydrogens (tertiary/aromatic N) is 1. The second kappa shape index (κ2) is 5.11. The predicted molar refractivity (Wildman–Crippen MR) is 70.5 cm³/mol. The zero-order valence-electron chi connectivity index (χ0n) is 10.1. The topological polar surface area (TPSA) is 12.4 Å². The number of allylic oxidation sites excluding steroid dienone is 2. The van der Waals surface area contributed by atoms with Gasteiger partial charge in [0, 0.05) is 6.21 Å². The van der Waals surface area contributed by atoms with Gasteiger partial charge in [-0.3, -0.25) is 4.99 Å². The highest BCUT2D eigenvalue weighted by atomic mass is 14.7. The van der Waals surface area contributed by atoms with Crippen molar-refractivity contribution in [2.24, 2.45) is 10.9 Å². The summed E-state index contributed by atoms with van der Waals surface area (Å²) in [5, 5.41) is 0. The van der Waals surface area contributed by atoms with Crippen LogP contribution < -0.4 is 0 Å². The molecule has 0 bridgehead atoms. The van der Waals surface area contributed by atoms with Crippen molar-refractivity contribution in [3.05, 3.63) is 41.5 Å². The molecule has 0 heterocycles. The summed E-state index contributed by atoms with van der Waals surface area (Å²) in [7, 11) is 0. The normalized spacial score (nSPS) is 20.5. The van der Waals surface area contributed by atoms with Gasteiger partial charge in [0.05, 0.1) is 5.69 Å². The van der Waals surface area contributed by atoms with E-state index in [0.717, 1.165) is 12.1 Å². The third-order valence-corrected chi connectivity index (χ3v) is 3.16. The van der Waals surface area contributed by atoms with Gasteiger partial charge in [-0.2, -0.15) is 0 Å². The van der Waals surface area contributed by atoms with Gasteiger partial charge in [-0.1, -0.05) is 30.4 Å². The Labute approximate surface area is 97.9 Å². The van der Waals surface area contributed by atoms with E-state index in [1.807, 2.05) is 0 Å². The SMILES string of the molecule is Cc1cccc(C)c1N=CC1CC=CCC1. The van der Waals surface area contributed by atoms with Gasteiger partial charge in [-0.15, -0.1) is 0 Å². The molecular formula is C15H19N. The van der Waals surface area contributed by atoms with E-state index in [1.54, 1.807) is 0 Å². The van der Waals surface area contributed by atoms with Crippen LogP contribution in [0.5, 0.6) is 0 Å². The zero-order valence-corrected chi connectivity index (χ0v) is 10.1. The molecule has 84 valence electrons. The van der Waals surface area contributed by atoms with E-state index < -0.39 is 0 Å². The molecule has 16 heavy (non-hydrogen) atoms. The summed E-state index contributed by atoms with van der Waals surface area (Å²) in [6, 6.07) is 6.34. The number of hydrogen-bond acceptors (Lipinski definition) is 1. The van der Waals surface area contributed by atoms with Gasteiger partial charge in [0.2, 0.25) is 0 Å². The first-order chi connectivity index (χ1) is 7.77. The van der Waals surface area contributed by atoms with E-state index in [-0.39, 0.29) is 0 Å². The van der Waals surface area contributed by atoms with Crippen molar-refractivity contribution in [1.82, 2.24) is 0 Å². The minimum Gasteiger partial charge on any atom is -0.260 e. The summed E-state index contributed by atoms with van der Waals surface area (Å²) in [5.74, 6) is 0.629. The van der Waals surface area contributed by atoms with Crippen LogP contribution in [0.2, 0.25) is 0 Å². The van der Waals surface area contributed by atoms with E-state index in [0.29, 0.717) is 5.92 Å². The number of hydrogen-bond donors (Lipinski definition) is 0. The summed E-state index contributed by atoms with van der Waals surface area (Å²) < 4.78 is 0. The van der Waals surface area contributed by atoms with Crippen molar-refractivity contribution in [2.45, 2.75) is 33.1 Å². The minimum atomic E-state index is 0.629. The molecule has 0 saturated heterocycles. The molecule has 1 nitrogen and oxygen atoms in total. The summed E-state index contributed by atoms with van der Waals surface area (Å²) in [4.78, 5) is 4.67.